The fraction of sp³-hybridized carbons (Fsp3) is 0.667. The molecule has 0 saturated carbocycles. The molecule has 0 amide bonds. The maximum absolute atomic E-state index is 9.72. The minimum Gasteiger partial charge on any atom is -0.480 e. The van der Waals surface area contributed by atoms with Gasteiger partial charge < -0.3 is 10.8 Å². The number of aliphatic carboxylic acids is 1. The summed E-state index contributed by atoms with van der Waals surface area (Å²) in [4.78, 5) is 9.72. The highest BCUT2D eigenvalue weighted by molar-refractivity contribution is 6.19. The third-order valence-corrected chi connectivity index (χ3v) is 0.816. The molecule has 0 bridgehead atoms. The van der Waals surface area contributed by atoms with Gasteiger partial charge in [0.15, 0.2) is 0 Å². The second kappa shape index (κ2) is 5.15. The van der Waals surface area contributed by atoms with Crippen LogP contribution in [0.1, 0.15) is 0 Å². The van der Waals surface area contributed by atoms with Crippen LogP contribution in [-0.2, 0) is 4.79 Å². The molecule has 1 unspecified atom stereocenters. The van der Waals surface area contributed by atoms with Crippen LogP contribution >= 0.6 is 24.0 Å². The second-order valence-corrected chi connectivity index (χ2v) is 1.41. The van der Waals surface area contributed by atoms with Crippen LogP contribution in [0.2, 0.25) is 0 Å². The molecule has 0 aromatic rings. The monoisotopic (exact) mass is 159 g/mol. The van der Waals surface area contributed by atoms with E-state index in [0.717, 1.165) is 0 Å². The summed E-state index contributed by atoms with van der Waals surface area (Å²) in [6.07, 6.45) is 0. The largest absolute Gasteiger partial charge is 0.480 e. The molecule has 3 N–H and O–H groups in total. The fourth-order valence-corrected chi connectivity index (χ4v) is 0.198. The van der Waals surface area contributed by atoms with Gasteiger partial charge in [0.1, 0.15) is 6.04 Å². The Morgan fingerprint density at radius 2 is 2.25 bits per heavy atom. The molecule has 8 heavy (non-hydrogen) atoms. The summed E-state index contributed by atoms with van der Waals surface area (Å²) in [6, 6.07) is -0.915. The van der Waals surface area contributed by atoms with Crippen molar-refractivity contribution < 1.29 is 9.90 Å². The van der Waals surface area contributed by atoms with Gasteiger partial charge in [0.05, 0.1) is 0 Å². The Hall–Kier alpha value is 0.01000. The van der Waals surface area contributed by atoms with Crippen molar-refractivity contribution in [3.8, 4) is 0 Å². The molecule has 0 radical (unpaired) electrons. The van der Waals surface area contributed by atoms with Crippen LogP contribution in [-0.4, -0.2) is 23.0 Å². The van der Waals surface area contributed by atoms with Gasteiger partial charge in [-0.2, -0.15) is 0 Å². The maximum Gasteiger partial charge on any atom is 0.321 e. The van der Waals surface area contributed by atoms with Crippen molar-refractivity contribution in [2.45, 2.75) is 6.04 Å². The number of carbonyl (C=O) groups is 1. The van der Waals surface area contributed by atoms with E-state index in [1.165, 1.54) is 0 Å². The first-order valence-corrected chi connectivity index (χ1v) is 2.26. The Kier molecular flexibility index (Phi) is 7.02. The SMILES string of the molecule is Cl.NC(CCl)C(=O)O. The molecule has 0 aliphatic carbocycles. The Balaban J connectivity index is 0. The number of nitrogens with two attached hydrogens (primary N) is 1. The third-order valence-electron chi connectivity index (χ3n) is 0.483. The Morgan fingerprint density at radius 3 is 2.25 bits per heavy atom. The molecule has 3 nitrogen and oxygen atoms in total. The van der Waals surface area contributed by atoms with Gasteiger partial charge in [0.25, 0.3) is 0 Å². The van der Waals surface area contributed by atoms with Crippen LogP contribution in [0.5, 0.6) is 0 Å². The van der Waals surface area contributed by atoms with Crippen LogP contribution in [0.3, 0.4) is 0 Å². The minimum atomic E-state index is -1.06. The van der Waals surface area contributed by atoms with Gasteiger partial charge in [-0.1, -0.05) is 0 Å². The molecule has 1 atom stereocenters. The zero-order chi connectivity index (χ0) is 5.86. The minimum absolute atomic E-state index is 0. The van der Waals surface area contributed by atoms with E-state index in [4.69, 9.17) is 22.4 Å². The van der Waals surface area contributed by atoms with Gasteiger partial charge in [-0.05, 0) is 0 Å². The lowest BCUT2D eigenvalue weighted by atomic mass is 10.4. The lowest BCUT2D eigenvalue weighted by molar-refractivity contribution is -0.137. The van der Waals surface area contributed by atoms with E-state index in [-0.39, 0.29) is 18.3 Å². The van der Waals surface area contributed by atoms with Crippen molar-refractivity contribution >= 4 is 30.0 Å². The molecular formula is C3H7Cl2NO2. The van der Waals surface area contributed by atoms with E-state index in [1.54, 1.807) is 0 Å². The molecule has 0 heterocycles. The molecule has 0 aromatic heterocycles. The number of carboxylic acid groups (broad SMARTS) is 1. The summed E-state index contributed by atoms with van der Waals surface area (Å²) in [5.41, 5.74) is 4.88. The standard InChI is InChI=1S/C3H6ClNO2.ClH/c4-1-2(5)3(6)7;/h2H,1,5H2,(H,6,7);1H. The molecule has 0 aromatic carbocycles. The highest BCUT2D eigenvalue weighted by Crippen LogP contribution is 1.80. The van der Waals surface area contributed by atoms with Crippen LogP contribution in [0.4, 0.5) is 0 Å². The van der Waals surface area contributed by atoms with Gasteiger partial charge in [-0.3, -0.25) is 4.79 Å². The summed E-state index contributed by atoms with van der Waals surface area (Å²) >= 11 is 5.04. The number of alkyl halides is 1. The van der Waals surface area contributed by atoms with Gasteiger partial charge in [0.2, 0.25) is 0 Å². The van der Waals surface area contributed by atoms with Crippen molar-refractivity contribution in [3.05, 3.63) is 0 Å². The van der Waals surface area contributed by atoms with Crippen LogP contribution in [0.15, 0.2) is 0 Å². The zero-order valence-corrected chi connectivity index (χ0v) is 5.58. The van der Waals surface area contributed by atoms with Gasteiger partial charge in [0, 0.05) is 5.88 Å². The molecule has 0 rings (SSSR count). The van der Waals surface area contributed by atoms with E-state index in [1.807, 2.05) is 0 Å². The molecule has 5 heteroatoms. The highest BCUT2D eigenvalue weighted by Gasteiger charge is 2.07. The van der Waals surface area contributed by atoms with Crippen LogP contribution < -0.4 is 5.73 Å². The van der Waals surface area contributed by atoms with E-state index in [9.17, 15) is 4.79 Å². The molecule has 50 valence electrons. The predicted molar refractivity (Wildman–Crippen MR) is 33.6 cm³/mol. The Labute approximate surface area is 58.2 Å². The van der Waals surface area contributed by atoms with E-state index in [2.05, 4.69) is 0 Å². The van der Waals surface area contributed by atoms with Crippen molar-refractivity contribution in [1.82, 2.24) is 0 Å². The van der Waals surface area contributed by atoms with E-state index < -0.39 is 12.0 Å². The number of carboxylic acids is 1. The van der Waals surface area contributed by atoms with Crippen molar-refractivity contribution in [2.75, 3.05) is 5.88 Å². The smallest absolute Gasteiger partial charge is 0.321 e. The number of hydrogen-bond donors (Lipinski definition) is 2. The quantitative estimate of drug-likeness (QED) is 0.561. The normalized spacial score (nSPS) is 11.8. The van der Waals surface area contributed by atoms with Crippen LogP contribution in [0.25, 0.3) is 0 Å². The Bertz CT molecular complexity index is 77.7. The first-order chi connectivity index (χ1) is 3.18. The topological polar surface area (TPSA) is 63.3 Å². The first kappa shape index (κ1) is 10.9. The van der Waals surface area contributed by atoms with Gasteiger partial charge in [-0.25, -0.2) is 0 Å². The first-order valence-electron chi connectivity index (χ1n) is 1.73. The predicted octanol–water partition coefficient (Wildman–Crippen LogP) is 0.0589. The summed E-state index contributed by atoms with van der Waals surface area (Å²) < 4.78 is 0. The van der Waals surface area contributed by atoms with Gasteiger partial charge in [-0.15, -0.1) is 24.0 Å². The lowest BCUT2D eigenvalue weighted by Crippen LogP contribution is -2.31. The Morgan fingerprint density at radius 1 is 1.88 bits per heavy atom. The number of hydrogen-bond acceptors (Lipinski definition) is 2. The van der Waals surface area contributed by atoms with Crippen molar-refractivity contribution in [1.29, 1.82) is 0 Å². The third kappa shape index (κ3) is 4.18. The zero-order valence-electron chi connectivity index (χ0n) is 4.00. The lowest BCUT2D eigenvalue weighted by Gasteiger charge is -1.95. The molecule has 0 aliphatic heterocycles. The van der Waals surface area contributed by atoms with E-state index in [0.29, 0.717) is 0 Å². The molecule has 0 spiro atoms. The van der Waals surface area contributed by atoms with E-state index >= 15 is 0 Å². The summed E-state index contributed by atoms with van der Waals surface area (Å²) in [6.45, 7) is 0. The number of halogens is 2. The fourth-order valence-electron chi connectivity index (χ4n) is 0.0660. The molecule has 0 saturated heterocycles. The number of rotatable bonds is 2. The average Bonchev–Trinajstić information content (AvgIpc) is 1.65. The summed E-state index contributed by atoms with van der Waals surface area (Å²) in [5, 5.41) is 7.97. The van der Waals surface area contributed by atoms with Crippen molar-refractivity contribution in [3.63, 3.8) is 0 Å². The highest BCUT2D eigenvalue weighted by atomic mass is 35.5. The molecule has 0 fully saturated rings. The second-order valence-electron chi connectivity index (χ2n) is 1.10. The van der Waals surface area contributed by atoms with Crippen molar-refractivity contribution in [2.24, 2.45) is 5.73 Å². The average molecular weight is 160 g/mol. The molecule has 0 aliphatic rings. The maximum atomic E-state index is 9.72. The van der Waals surface area contributed by atoms with Gasteiger partial charge >= 0.3 is 5.97 Å². The van der Waals surface area contributed by atoms with Crippen LogP contribution in [0, 0.1) is 0 Å². The summed E-state index contributed by atoms with van der Waals surface area (Å²) in [5.74, 6) is -1.09. The summed E-state index contributed by atoms with van der Waals surface area (Å²) in [7, 11) is 0. The molecular weight excluding hydrogens is 153 g/mol.